The molecule has 4 heteroatoms. The predicted molar refractivity (Wildman–Crippen MR) is 76.3 cm³/mol. The second-order valence-corrected chi connectivity index (χ2v) is 5.68. The molecule has 0 aliphatic heterocycles. The molecule has 18 heavy (non-hydrogen) atoms. The highest BCUT2D eigenvalue weighted by atomic mass is 79.9. The number of hydrogen-bond acceptors (Lipinski definition) is 2. The second kappa shape index (κ2) is 7.54. The molecule has 100 valence electrons. The van der Waals surface area contributed by atoms with E-state index in [4.69, 9.17) is 5.11 Å². The number of nitrogens with one attached hydrogen (secondary N) is 1. The molecule has 0 unspecified atom stereocenters. The molecule has 3 nitrogen and oxygen atoms in total. The van der Waals surface area contributed by atoms with E-state index in [-0.39, 0.29) is 24.3 Å². The number of hydrogen-bond donors (Lipinski definition) is 2. The zero-order valence-corrected chi connectivity index (χ0v) is 12.4. The van der Waals surface area contributed by atoms with Gasteiger partial charge in [0.2, 0.25) is 5.91 Å². The molecule has 0 aromatic heterocycles. The number of carbonyl (C=O) groups is 1. The Labute approximate surface area is 117 Å². The zero-order chi connectivity index (χ0) is 13.5. The Morgan fingerprint density at radius 3 is 2.50 bits per heavy atom. The first kappa shape index (κ1) is 15.2. The first-order valence-electron chi connectivity index (χ1n) is 6.16. The van der Waals surface area contributed by atoms with E-state index >= 15 is 0 Å². The van der Waals surface area contributed by atoms with E-state index in [1.807, 2.05) is 38.1 Å². The van der Waals surface area contributed by atoms with Crippen molar-refractivity contribution >= 4 is 21.8 Å². The number of benzene rings is 1. The summed E-state index contributed by atoms with van der Waals surface area (Å²) in [6, 6.07) is 8.00. The van der Waals surface area contributed by atoms with E-state index < -0.39 is 0 Å². The fourth-order valence-corrected chi connectivity index (χ4v) is 1.84. The predicted octanol–water partition coefficient (Wildman–Crippen LogP) is 2.37. The zero-order valence-electron chi connectivity index (χ0n) is 10.8. The van der Waals surface area contributed by atoms with Crippen LogP contribution in [0.4, 0.5) is 0 Å². The number of carbonyl (C=O) groups excluding carboxylic acids is 1. The second-order valence-electron chi connectivity index (χ2n) is 4.76. The molecule has 0 spiro atoms. The third kappa shape index (κ3) is 5.19. The van der Waals surface area contributed by atoms with Crippen molar-refractivity contribution in [1.29, 1.82) is 0 Å². The molecule has 0 saturated carbocycles. The van der Waals surface area contributed by atoms with E-state index in [2.05, 4.69) is 21.2 Å². The summed E-state index contributed by atoms with van der Waals surface area (Å²) in [7, 11) is 0. The van der Waals surface area contributed by atoms with Gasteiger partial charge in [-0.1, -0.05) is 41.9 Å². The minimum Gasteiger partial charge on any atom is -0.396 e. The maximum atomic E-state index is 11.8. The molecule has 0 fully saturated rings. The lowest BCUT2D eigenvalue weighted by molar-refractivity contribution is -0.124. The van der Waals surface area contributed by atoms with Crippen LogP contribution in [0.15, 0.2) is 28.7 Å². The molecule has 2 atom stereocenters. The Morgan fingerprint density at radius 1 is 1.33 bits per heavy atom. The van der Waals surface area contributed by atoms with E-state index in [9.17, 15) is 4.79 Å². The standard InChI is InChI=1S/C14H20BrNO2/c1-10(9-17)8-16-14(18)11(2)7-12-3-5-13(15)6-4-12/h3-6,10-11,17H,7-9H2,1-2H3,(H,16,18)/t10-,11+/m1/s1. The van der Waals surface area contributed by atoms with Crippen molar-refractivity contribution in [2.24, 2.45) is 11.8 Å². The monoisotopic (exact) mass is 313 g/mol. The van der Waals surface area contributed by atoms with Gasteiger partial charge in [0.1, 0.15) is 0 Å². The Hall–Kier alpha value is -0.870. The molecular weight excluding hydrogens is 294 g/mol. The molecule has 0 radical (unpaired) electrons. The average Bonchev–Trinajstić information content (AvgIpc) is 2.38. The lowest BCUT2D eigenvalue weighted by Gasteiger charge is -2.14. The van der Waals surface area contributed by atoms with Gasteiger partial charge in [0.05, 0.1) is 0 Å². The van der Waals surface area contributed by atoms with E-state index in [1.165, 1.54) is 0 Å². The lowest BCUT2D eigenvalue weighted by Crippen LogP contribution is -2.34. The molecule has 0 saturated heterocycles. The van der Waals surface area contributed by atoms with Crippen LogP contribution in [-0.2, 0) is 11.2 Å². The Kier molecular flexibility index (Phi) is 6.36. The molecule has 0 aliphatic carbocycles. The number of rotatable bonds is 6. The molecule has 0 aliphatic rings. The highest BCUT2D eigenvalue weighted by Crippen LogP contribution is 2.14. The molecule has 1 aromatic rings. The van der Waals surface area contributed by atoms with Crippen molar-refractivity contribution in [2.45, 2.75) is 20.3 Å². The molecular formula is C14H20BrNO2. The third-order valence-electron chi connectivity index (χ3n) is 2.84. The van der Waals surface area contributed by atoms with Crippen LogP contribution in [0.5, 0.6) is 0 Å². The van der Waals surface area contributed by atoms with Crippen molar-refractivity contribution < 1.29 is 9.90 Å². The Balaban J connectivity index is 2.42. The molecule has 0 heterocycles. The minimum absolute atomic E-state index is 0.0400. The van der Waals surface area contributed by atoms with Crippen LogP contribution >= 0.6 is 15.9 Å². The highest BCUT2D eigenvalue weighted by Gasteiger charge is 2.14. The van der Waals surface area contributed by atoms with Crippen LogP contribution in [0.2, 0.25) is 0 Å². The summed E-state index contributed by atoms with van der Waals surface area (Å²) >= 11 is 3.39. The van der Waals surface area contributed by atoms with Crippen LogP contribution in [0.3, 0.4) is 0 Å². The molecule has 2 N–H and O–H groups in total. The smallest absolute Gasteiger partial charge is 0.223 e. The van der Waals surface area contributed by atoms with Crippen molar-refractivity contribution in [1.82, 2.24) is 5.32 Å². The summed E-state index contributed by atoms with van der Waals surface area (Å²) in [5.41, 5.74) is 1.15. The summed E-state index contributed by atoms with van der Waals surface area (Å²) in [5.74, 6) is 0.0871. The van der Waals surface area contributed by atoms with Gasteiger partial charge in [-0.15, -0.1) is 0 Å². The summed E-state index contributed by atoms with van der Waals surface area (Å²) in [4.78, 5) is 11.8. The molecule has 0 bridgehead atoms. The third-order valence-corrected chi connectivity index (χ3v) is 3.37. The van der Waals surface area contributed by atoms with Gasteiger partial charge in [-0.25, -0.2) is 0 Å². The van der Waals surface area contributed by atoms with Crippen molar-refractivity contribution in [3.63, 3.8) is 0 Å². The summed E-state index contributed by atoms with van der Waals surface area (Å²) in [6.07, 6.45) is 0.729. The van der Waals surface area contributed by atoms with Gasteiger partial charge in [-0.3, -0.25) is 4.79 Å². The van der Waals surface area contributed by atoms with Gasteiger partial charge < -0.3 is 10.4 Å². The van der Waals surface area contributed by atoms with Crippen LogP contribution in [0, 0.1) is 11.8 Å². The Morgan fingerprint density at radius 2 is 1.94 bits per heavy atom. The minimum atomic E-state index is -0.0583. The summed E-state index contributed by atoms with van der Waals surface area (Å²) in [6.45, 7) is 4.45. The lowest BCUT2D eigenvalue weighted by atomic mass is 10.0. The Bertz CT molecular complexity index is 378. The number of aliphatic hydroxyl groups is 1. The first-order valence-corrected chi connectivity index (χ1v) is 6.95. The van der Waals surface area contributed by atoms with Gasteiger partial charge in [0.15, 0.2) is 0 Å². The average molecular weight is 314 g/mol. The first-order chi connectivity index (χ1) is 8.52. The maximum absolute atomic E-state index is 11.8. The van der Waals surface area contributed by atoms with Crippen LogP contribution in [0.1, 0.15) is 19.4 Å². The number of halogens is 1. The van der Waals surface area contributed by atoms with E-state index in [0.717, 1.165) is 16.5 Å². The van der Waals surface area contributed by atoms with Gasteiger partial charge in [-0.05, 0) is 30.0 Å². The largest absolute Gasteiger partial charge is 0.396 e. The topological polar surface area (TPSA) is 49.3 Å². The van der Waals surface area contributed by atoms with E-state index in [0.29, 0.717) is 6.54 Å². The molecule has 1 aromatic carbocycles. The van der Waals surface area contributed by atoms with E-state index in [1.54, 1.807) is 0 Å². The maximum Gasteiger partial charge on any atom is 0.223 e. The molecule has 1 amide bonds. The van der Waals surface area contributed by atoms with Gasteiger partial charge in [-0.2, -0.15) is 0 Å². The quantitative estimate of drug-likeness (QED) is 0.847. The van der Waals surface area contributed by atoms with Crippen molar-refractivity contribution in [2.75, 3.05) is 13.2 Å². The van der Waals surface area contributed by atoms with Crippen LogP contribution in [0.25, 0.3) is 0 Å². The van der Waals surface area contributed by atoms with Gasteiger partial charge in [0.25, 0.3) is 0 Å². The normalized spacial score (nSPS) is 14.0. The summed E-state index contributed by atoms with van der Waals surface area (Å²) in [5, 5.41) is 11.7. The highest BCUT2D eigenvalue weighted by molar-refractivity contribution is 9.10. The number of amides is 1. The summed E-state index contributed by atoms with van der Waals surface area (Å²) < 4.78 is 1.04. The SMILES string of the molecule is C[C@@H](CO)CNC(=O)[C@@H](C)Cc1ccc(Br)cc1. The van der Waals surface area contributed by atoms with Crippen molar-refractivity contribution in [3.05, 3.63) is 34.3 Å². The fourth-order valence-electron chi connectivity index (χ4n) is 1.58. The van der Waals surface area contributed by atoms with Crippen LogP contribution in [-0.4, -0.2) is 24.2 Å². The van der Waals surface area contributed by atoms with Crippen molar-refractivity contribution in [3.8, 4) is 0 Å². The van der Waals surface area contributed by atoms with Crippen LogP contribution < -0.4 is 5.32 Å². The van der Waals surface area contributed by atoms with Gasteiger partial charge in [0, 0.05) is 23.5 Å². The molecule has 1 rings (SSSR count). The van der Waals surface area contributed by atoms with Gasteiger partial charge >= 0.3 is 0 Å². The fraction of sp³-hybridized carbons (Fsp3) is 0.500. The number of aliphatic hydroxyl groups excluding tert-OH is 1.